The number of alkyl carbamates (subject to hydrolysis) is 1. The summed E-state index contributed by atoms with van der Waals surface area (Å²) in [6, 6.07) is 12.3. The summed E-state index contributed by atoms with van der Waals surface area (Å²) in [6.45, 7) is 5.61. The van der Waals surface area contributed by atoms with Crippen LogP contribution in [0.25, 0.3) is 17.1 Å². The van der Waals surface area contributed by atoms with E-state index in [0.717, 1.165) is 73.1 Å². The Bertz CT molecular complexity index is 1590. The number of pyridine rings is 1. The van der Waals surface area contributed by atoms with Crippen molar-refractivity contribution in [3.63, 3.8) is 0 Å². The molecule has 4 aromatic rings. The van der Waals surface area contributed by atoms with Gasteiger partial charge in [-0.1, -0.05) is 6.07 Å². The van der Waals surface area contributed by atoms with Gasteiger partial charge in [0.05, 0.1) is 5.69 Å². The lowest BCUT2D eigenvalue weighted by Gasteiger charge is -2.22. The molecule has 11 nitrogen and oxygen atoms in total. The maximum Gasteiger partial charge on any atom is 0.407 e. The fourth-order valence-electron chi connectivity index (χ4n) is 5.52. The molecule has 0 fully saturated rings. The van der Waals surface area contributed by atoms with E-state index in [2.05, 4.69) is 48.0 Å². The van der Waals surface area contributed by atoms with E-state index < -0.39 is 5.60 Å². The molecule has 3 heterocycles. The van der Waals surface area contributed by atoms with Crippen molar-refractivity contribution in [1.29, 1.82) is 0 Å². The van der Waals surface area contributed by atoms with E-state index >= 15 is 0 Å². The fourth-order valence-corrected chi connectivity index (χ4v) is 5.52. The van der Waals surface area contributed by atoms with Crippen molar-refractivity contribution < 1.29 is 9.53 Å². The average Bonchev–Trinajstić information content (AvgIpc) is 3.07. The molecular weight excluding hydrogens is 518 g/mol. The van der Waals surface area contributed by atoms with E-state index in [9.17, 15) is 4.79 Å². The molecule has 1 atom stereocenters. The zero-order valence-electron chi connectivity index (χ0n) is 23.6. The largest absolute Gasteiger partial charge is 0.444 e. The first-order valence-electron chi connectivity index (χ1n) is 14.1. The van der Waals surface area contributed by atoms with Gasteiger partial charge in [0.1, 0.15) is 5.60 Å². The summed E-state index contributed by atoms with van der Waals surface area (Å²) in [5.41, 5.74) is 13.2. The topological polar surface area (TPSA) is 146 Å². The second kappa shape index (κ2) is 10.8. The predicted molar refractivity (Wildman–Crippen MR) is 156 cm³/mol. The average molecular weight is 554 g/mol. The number of nitrogen functional groups attached to an aromatic ring is 1. The molecule has 0 aliphatic heterocycles. The molecule has 0 radical (unpaired) electrons. The van der Waals surface area contributed by atoms with E-state index in [1.165, 1.54) is 15.8 Å². The number of nitrogens with zero attached hydrogens (tertiary/aromatic N) is 6. The Kier molecular flexibility index (Phi) is 7.02. The van der Waals surface area contributed by atoms with Crippen LogP contribution in [0, 0.1) is 0 Å². The highest BCUT2D eigenvalue weighted by Crippen LogP contribution is 2.31. The highest BCUT2D eigenvalue weighted by atomic mass is 16.6. The number of aryl methyl sites for hydroxylation is 4. The van der Waals surface area contributed by atoms with Crippen molar-refractivity contribution in [3.05, 3.63) is 65.0 Å². The van der Waals surface area contributed by atoms with E-state index in [1.807, 2.05) is 51.2 Å². The lowest BCUT2D eigenvalue weighted by atomic mass is 10.0. The Labute approximate surface area is 239 Å². The molecular formula is C30H35N9O2. The first-order chi connectivity index (χ1) is 19.7. The van der Waals surface area contributed by atoms with E-state index in [1.54, 1.807) is 0 Å². The van der Waals surface area contributed by atoms with Gasteiger partial charge in [0, 0.05) is 29.2 Å². The van der Waals surface area contributed by atoms with Gasteiger partial charge in [-0.3, -0.25) is 4.98 Å². The summed E-state index contributed by atoms with van der Waals surface area (Å²) >= 11 is 0. The molecule has 11 heteroatoms. The van der Waals surface area contributed by atoms with Gasteiger partial charge in [-0.2, -0.15) is 9.67 Å². The number of rotatable bonds is 4. The van der Waals surface area contributed by atoms with Crippen LogP contribution in [0.5, 0.6) is 0 Å². The van der Waals surface area contributed by atoms with Crippen molar-refractivity contribution in [2.45, 2.75) is 77.4 Å². The molecule has 3 aromatic heterocycles. The van der Waals surface area contributed by atoms with Crippen LogP contribution in [-0.4, -0.2) is 47.7 Å². The van der Waals surface area contributed by atoms with Gasteiger partial charge >= 0.3 is 6.09 Å². The Hall–Kier alpha value is -4.54. The predicted octanol–water partition coefficient (Wildman–Crippen LogP) is 4.71. The molecule has 1 amide bonds. The van der Waals surface area contributed by atoms with Gasteiger partial charge in [0.25, 0.3) is 0 Å². The minimum absolute atomic E-state index is 0.0672. The monoisotopic (exact) mass is 553 g/mol. The quantitative estimate of drug-likeness (QED) is 0.306. The molecule has 0 saturated heterocycles. The number of benzene rings is 1. The second-order valence-corrected chi connectivity index (χ2v) is 11.7. The van der Waals surface area contributed by atoms with Crippen LogP contribution in [0.15, 0.2) is 42.6 Å². The third kappa shape index (κ3) is 5.98. The van der Waals surface area contributed by atoms with Gasteiger partial charge in [-0.15, -0.1) is 15.3 Å². The third-order valence-electron chi connectivity index (χ3n) is 7.42. The zero-order chi connectivity index (χ0) is 28.6. The van der Waals surface area contributed by atoms with E-state index in [4.69, 9.17) is 10.5 Å². The number of carbonyl (C=O) groups is 1. The Morgan fingerprint density at radius 1 is 1.02 bits per heavy atom. The Morgan fingerprint density at radius 2 is 1.85 bits per heavy atom. The van der Waals surface area contributed by atoms with Gasteiger partial charge < -0.3 is 21.1 Å². The third-order valence-corrected chi connectivity index (χ3v) is 7.42. The van der Waals surface area contributed by atoms with Crippen LogP contribution in [-0.2, 0) is 30.4 Å². The van der Waals surface area contributed by atoms with Crippen molar-refractivity contribution in [2.24, 2.45) is 0 Å². The first kappa shape index (κ1) is 26.7. The lowest BCUT2D eigenvalue weighted by Crippen LogP contribution is -2.39. The van der Waals surface area contributed by atoms with Crippen LogP contribution in [0.4, 0.5) is 22.4 Å². The molecule has 0 bridgehead atoms. The molecule has 4 N–H and O–H groups in total. The molecule has 0 spiro atoms. The van der Waals surface area contributed by atoms with Crippen molar-refractivity contribution in [1.82, 2.24) is 35.3 Å². The standard InChI is InChI=1S/C30H35N9O2/c1-30(2,3)41-29(40)34-21-12-9-18-10-14-22(16-19(18)11-13-21)33-28-35-27(31)39(38-28)25-17-20-6-4-8-24-23(7-5-15-32-24)26(20)37-36-25/h5,7,10,14-17,21H,4,6,8-9,11-13H2,1-3H3,(H,34,40)(H3,31,33,35,38)/t21-/m0/s1. The van der Waals surface area contributed by atoms with Crippen molar-refractivity contribution in [3.8, 4) is 17.1 Å². The Morgan fingerprint density at radius 3 is 2.68 bits per heavy atom. The summed E-state index contributed by atoms with van der Waals surface area (Å²) < 4.78 is 6.95. The summed E-state index contributed by atoms with van der Waals surface area (Å²) in [5, 5.41) is 19.9. The summed E-state index contributed by atoms with van der Waals surface area (Å²) in [7, 11) is 0. The van der Waals surface area contributed by atoms with Crippen LogP contribution in [0.2, 0.25) is 0 Å². The number of aromatic nitrogens is 6. The molecule has 41 heavy (non-hydrogen) atoms. The number of ether oxygens (including phenoxy) is 1. The number of hydrogen-bond donors (Lipinski definition) is 3. The molecule has 2 aliphatic carbocycles. The molecule has 6 rings (SSSR count). The van der Waals surface area contributed by atoms with E-state index in [-0.39, 0.29) is 18.1 Å². The highest BCUT2D eigenvalue weighted by molar-refractivity contribution is 5.68. The minimum atomic E-state index is -0.515. The minimum Gasteiger partial charge on any atom is -0.444 e. The van der Waals surface area contributed by atoms with Gasteiger partial charge in [-0.05, 0) is 113 Å². The molecule has 2 aliphatic rings. The normalized spacial score (nSPS) is 16.4. The zero-order valence-corrected chi connectivity index (χ0v) is 23.6. The van der Waals surface area contributed by atoms with Crippen LogP contribution >= 0.6 is 0 Å². The van der Waals surface area contributed by atoms with Gasteiger partial charge in [0.15, 0.2) is 5.82 Å². The number of amides is 1. The Balaban J connectivity index is 1.16. The number of carbonyl (C=O) groups excluding carboxylic acids is 1. The maximum atomic E-state index is 12.3. The number of nitrogens with two attached hydrogens (primary N) is 1. The number of nitrogens with one attached hydrogen (secondary N) is 2. The second-order valence-electron chi connectivity index (χ2n) is 11.7. The summed E-state index contributed by atoms with van der Waals surface area (Å²) in [4.78, 5) is 21.2. The number of anilines is 3. The van der Waals surface area contributed by atoms with Gasteiger partial charge in [-0.25, -0.2) is 4.79 Å². The van der Waals surface area contributed by atoms with Crippen molar-refractivity contribution >= 4 is 23.7 Å². The highest BCUT2D eigenvalue weighted by Gasteiger charge is 2.23. The summed E-state index contributed by atoms with van der Waals surface area (Å²) in [5.74, 6) is 1.13. The molecule has 0 unspecified atom stereocenters. The summed E-state index contributed by atoms with van der Waals surface area (Å²) in [6.07, 6.45) is 7.65. The molecule has 212 valence electrons. The van der Waals surface area contributed by atoms with Crippen LogP contribution < -0.4 is 16.4 Å². The first-order valence-corrected chi connectivity index (χ1v) is 14.1. The molecule has 0 saturated carbocycles. The van der Waals surface area contributed by atoms with Gasteiger partial charge in [0.2, 0.25) is 11.9 Å². The lowest BCUT2D eigenvalue weighted by molar-refractivity contribution is 0.0500. The van der Waals surface area contributed by atoms with Crippen LogP contribution in [0.1, 0.15) is 62.4 Å². The van der Waals surface area contributed by atoms with E-state index in [0.29, 0.717) is 11.8 Å². The van der Waals surface area contributed by atoms with Crippen molar-refractivity contribution in [2.75, 3.05) is 11.1 Å². The van der Waals surface area contributed by atoms with Crippen LogP contribution in [0.3, 0.4) is 0 Å². The SMILES string of the molecule is CC(C)(C)OC(=O)N[C@H]1CCc2ccc(Nc3nc(N)n(-c4cc5c(nn4)-c4cccnc4CCC5)n3)cc2CC1. The number of fused-ring (bicyclic) bond motifs is 4. The fraction of sp³-hybridized carbons (Fsp3) is 0.400. The molecule has 1 aromatic carbocycles. The number of hydrogen-bond acceptors (Lipinski definition) is 9. The maximum absolute atomic E-state index is 12.3. The smallest absolute Gasteiger partial charge is 0.407 e.